The zero-order valence-corrected chi connectivity index (χ0v) is 19.3. The number of fused-ring (bicyclic) bond motifs is 6. The van der Waals surface area contributed by atoms with Crippen LogP contribution < -0.4 is 14.8 Å². The molecule has 2 aromatic heterocycles. The van der Waals surface area contributed by atoms with Crippen LogP contribution in [0.2, 0.25) is 0 Å². The first-order chi connectivity index (χ1) is 16.7. The van der Waals surface area contributed by atoms with Gasteiger partial charge in [-0.2, -0.15) is 0 Å². The molecule has 3 heterocycles. The highest BCUT2D eigenvalue weighted by molar-refractivity contribution is 7.99. The number of nitrogens with zero attached hydrogens (tertiary/aromatic N) is 3. The fourth-order valence-corrected chi connectivity index (χ4v) is 5.06. The number of imidazole rings is 1. The van der Waals surface area contributed by atoms with Crippen molar-refractivity contribution in [2.24, 2.45) is 0 Å². The van der Waals surface area contributed by atoms with Gasteiger partial charge in [0.2, 0.25) is 5.91 Å². The maximum atomic E-state index is 12.8. The Morgan fingerprint density at radius 1 is 1.00 bits per heavy atom. The maximum absolute atomic E-state index is 12.8. The van der Waals surface area contributed by atoms with Crippen molar-refractivity contribution in [1.82, 2.24) is 19.7 Å². The van der Waals surface area contributed by atoms with E-state index in [1.807, 2.05) is 78.1 Å². The molecule has 0 radical (unpaired) electrons. The highest BCUT2D eigenvalue weighted by Gasteiger charge is 2.18. The molecule has 0 aliphatic carbocycles. The number of thioether (sulfide) groups is 1. The zero-order chi connectivity index (χ0) is 23.1. The molecular weight excluding hydrogens is 448 g/mol. The summed E-state index contributed by atoms with van der Waals surface area (Å²) in [6, 6.07) is 21.6. The Morgan fingerprint density at radius 2 is 1.76 bits per heavy atom. The summed E-state index contributed by atoms with van der Waals surface area (Å²) in [4.78, 5) is 22.5. The average molecular weight is 471 g/mol. The van der Waals surface area contributed by atoms with Gasteiger partial charge in [-0.25, -0.2) is 9.97 Å². The van der Waals surface area contributed by atoms with E-state index in [-0.39, 0.29) is 17.7 Å². The lowest BCUT2D eigenvalue weighted by Crippen LogP contribution is -2.28. The Bertz CT molecular complexity index is 1550. The van der Waals surface area contributed by atoms with Gasteiger partial charge in [0.25, 0.3) is 0 Å². The molecule has 8 heteroatoms. The Balaban J connectivity index is 1.25. The number of hydrogen-bond donors (Lipinski definition) is 1. The van der Waals surface area contributed by atoms with Crippen LogP contribution in [-0.2, 0) is 4.79 Å². The van der Waals surface area contributed by atoms with Gasteiger partial charge in [-0.05, 0) is 48.9 Å². The molecule has 170 valence electrons. The van der Waals surface area contributed by atoms with E-state index in [0.29, 0.717) is 19.0 Å². The van der Waals surface area contributed by atoms with Crippen LogP contribution in [-0.4, -0.2) is 39.2 Å². The van der Waals surface area contributed by atoms with Gasteiger partial charge >= 0.3 is 0 Å². The predicted octanol–water partition coefficient (Wildman–Crippen LogP) is 4.78. The second-order valence-electron chi connectivity index (χ2n) is 8.15. The van der Waals surface area contributed by atoms with E-state index in [1.165, 1.54) is 11.8 Å². The molecule has 0 spiro atoms. The zero-order valence-electron chi connectivity index (χ0n) is 18.5. The number of carbonyl (C=O) groups excluding carboxylic acids is 1. The molecule has 6 rings (SSSR count). The van der Waals surface area contributed by atoms with Crippen LogP contribution in [0.15, 0.2) is 71.9 Å². The van der Waals surface area contributed by atoms with Gasteiger partial charge in [-0.15, -0.1) is 0 Å². The van der Waals surface area contributed by atoms with Crippen molar-refractivity contribution in [2.45, 2.75) is 18.1 Å². The molecule has 0 saturated carbocycles. The lowest BCUT2D eigenvalue weighted by atomic mass is 10.1. The summed E-state index contributed by atoms with van der Waals surface area (Å²) in [5.41, 5.74) is 4.55. The maximum Gasteiger partial charge on any atom is 0.230 e. The third kappa shape index (κ3) is 3.70. The van der Waals surface area contributed by atoms with Crippen LogP contribution in [0.5, 0.6) is 11.5 Å². The number of nitrogens with one attached hydrogen (secondary N) is 1. The van der Waals surface area contributed by atoms with Crippen LogP contribution in [0.4, 0.5) is 0 Å². The quantitative estimate of drug-likeness (QED) is 0.294. The second-order valence-corrected chi connectivity index (χ2v) is 9.09. The molecule has 1 aliphatic rings. The topological polar surface area (TPSA) is 77.8 Å². The molecule has 0 saturated heterocycles. The second kappa shape index (κ2) is 8.53. The largest absolute Gasteiger partial charge is 0.486 e. The molecule has 7 nitrogen and oxygen atoms in total. The number of ether oxygens (including phenoxy) is 2. The number of carbonyl (C=O) groups is 1. The molecular formula is C26H22N4O3S. The number of benzene rings is 3. The Hall–Kier alpha value is -3.78. The van der Waals surface area contributed by atoms with Crippen LogP contribution in [0.3, 0.4) is 0 Å². The summed E-state index contributed by atoms with van der Waals surface area (Å²) >= 11 is 1.41. The number of rotatable bonds is 5. The minimum absolute atomic E-state index is 0.0695. The van der Waals surface area contributed by atoms with Gasteiger partial charge in [-0.3, -0.25) is 9.20 Å². The SMILES string of the molecule is CC(NC(=O)CSc1nc2ccccc2c2nc3ccccc3n12)c1ccc2c(c1)OCCO2. The van der Waals surface area contributed by atoms with Crippen LogP contribution in [0.1, 0.15) is 18.5 Å². The summed E-state index contributed by atoms with van der Waals surface area (Å²) in [5, 5.41) is 4.81. The van der Waals surface area contributed by atoms with E-state index in [9.17, 15) is 4.79 Å². The van der Waals surface area contributed by atoms with Crippen molar-refractivity contribution in [1.29, 1.82) is 0 Å². The molecule has 3 aromatic carbocycles. The number of amides is 1. The van der Waals surface area contributed by atoms with Crippen molar-refractivity contribution in [3.05, 3.63) is 72.3 Å². The molecule has 1 amide bonds. The van der Waals surface area contributed by atoms with Crippen molar-refractivity contribution in [3.63, 3.8) is 0 Å². The van der Waals surface area contributed by atoms with E-state index >= 15 is 0 Å². The van der Waals surface area contributed by atoms with Crippen molar-refractivity contribution in [3.8, 4) is 11.5 Å². The Kier molecular flexibility index (Phi) is 5.22. The Morgan fingerprint density at radius 3 is 2.65 bits per heavy atom. The monoisotopic (exact) mass is 470 g/mol. The highest BCUT2D eigenvalue weighted by atomic mass is 32.2. The third-order valence-corrected chi connectivity index (χ3v) is 6.83. The third-order valence-electron chi connectivity index (χ3n) is 5.89. The summed E-state index contributed by atoms with van der Waals surface area (Å²) in [6.07, 6.45) is 0. The molecule has 1 atom stereocenters. The van der Waals surface area contributed by atoms with Crippen molar-refractivity contribution in [2.75, 3.05) is 19.0 Å². The van der Waals surface area contributed by atoms with E-state index < -0.39 is 0 Å². The summed E-state index contributed by atoms with van der Waals surface area (Å²) < 4.78 is 13.3. The van der Waals surface area contributed by atoms with Gasteiger partial charge in [0.15, 0.2) is 16.7 Å². The van der Waals surface area contributed by atoms with Crippen molar-refractivity contribution >= 4 is 45.3 Å². The molecule has 0 fully saturated rings. The summed E-state index contributed by atoms with van der Waals surface area (Å²) in [7, 11) is 0. The smallest absolute Gasteiger partial charge is 0.230 e. The lowest BCUT2D eigenvalue weighted by molar-refractivity contribution is -0.119. The molecule has 5 aromatic rings. The van der Waals surface area contributed by atoms with E-state index in [0.717, 1.165) is 44.1 Å². The minimum atomic E-state index is -0.164. The fraction of sp³-hybridized carbons (Fsp3) is 0.192. The average Bonchev–Trinajstić information content (AvgIpc) is 3.27. The summed E-state index contributed by atoms with van der Waals surface area (Å²) in [5.74, 6) is 1.62. The Labute approximate surface area is 200 Å². The summed E-state index contributed by atoms with van der Waals surface area (Å²) in [6.45, 7) is 3.05. The number of para-hydroxylation sites is 3. The van der Waals surface area contributed by atoms with Gasteiger partial charge in [0, 0.05) is 5.39 Å². The minimum Gasteiger partial charge on any atom is -0.486 e. The van der Waals surface area contributed by atoms with Crippen LogP contribution in [0.25, 0.3) is 27.6 Å². The number of hydrogen-bond acceptors (Lipinski definition) is 6. The predicted molar refractivity (Wildman–Crippen MR) is 133 cm³/mol. The van der Waals surface area contributed by atoms with Crippen molar-refractivity contribution < 1.29 is 14.3 Å². The fourth-order valence-electron chi connectivity index (χ4n) is 4.24. The van der Waals surface area contributed by atoms with Gasteiger partial charge in [0.1, 0.15) is 18.9 Å². The van der Waals surface area contributed by atoms with Gasteiger partial charge < -0.3 is 14.8 Å². The van der Waals surface area contributed by atoms with Gasteiger partial charge in [0.05, 0.1) is 28.3 Å². The normalized spacial score (nSPS) is 13.9. The van der Waals surface area contributed by atoms with E-state index in [4.69, 9.17) is 19.4 Å². The number of aromatic nitrogens is 3. The molecule has 1 aliphatic heterocycles. The standard InChI is InChI=1S/C26H22N4O3S/c1-16(17-10-11-22-23(14-17)33-13-12-32-22)27-24(31)15-34-26-29-19-7-3-2-6-18(19)25-28-20-8-4-5-9-21(20)30(25)26/h2-11,14,16H,12-13,15H2,1H3,(H,27,31). The molecule has 1 unspecified atom stereocenters. The molecule has 34 heavy (non-hydrogen) atoms. The van der Waals surface area contributed by atoms with E-state index in [1.54, 1.807) is 0 Å². The first-order valence-electron chi connectivity index (χ1n) is 11.1. The highest BCUT2D eigenvalue weighted by Crippen LogP contribution is 2.33. The van der Waals surface area contributed by atoms with Gasteiger partial charge in [-0.1, -0.05) is 42.1 Å². The lowest BCUT2D eigenvalue weighted by Gasteiger charge is -2.21. The molecule has 0 bridgehead atoms. The first-order valence-corrected chi connectivity index (χ1v) is 12.1. The van der Waals surface area contributed by atoms with Crippen LogP contribution >= 0.6 is 11.8 Å². The van der Waals surface area contributed by atoms with Crippen LogP contribution in [0, 0.1) is 0 Å². The van der Waals surface area contributed by atoms with E-state index in [2.05, 4.69) is 5.32 Å². The molecule has 1 N–H and O–H groups in total. The first kappa shape index (κ1) is 20.8.